The highest BCUT2D eigenvalue weighted by Gasteiger charge is 2.10. The third-order valence-electron chi connectivity index (χ3n) is 3.96. The van der Waals surface area contributed by atoms with E-state index in [0.717, 1.165) is 24.0 Å². The minimum atomic E-state index is -0.556. The number of halogens is 1. The van der Waals surface area contributed by atoms with Crippen LogP contribution in [0.2, 0.25) is 5.02 Å². The first-order valence-electron chi connectivity index (χ1n) is 7.94. The van der Waals surface area contributed by atoms with Crippen LogP contribution in [0.1, 0.15) is 36.1 Å². The van der Waals surface area contributed by atoms with E-state index in [-0.39, 0.29) is 6.61 Å². The predicted octanol–water partition coefficient (Wildman–Crippen LogP) is 3.48. The molecule has 0 fully saturated rings. The van der Waals surface area contributed by atoms with Crippen LogP contribution in [0.25, 0.3) is 0 Å². The van der Waals surface area contributed by atoms with Crippen LogP contribution in [0.4, 0.5) is 0 Å². The average molecular weight is 334 g/mol. The molecule has 3 nitrogen and oxygen atoms in total. The summed E-state index contributed by atoms with van der Waals surface area (Å²) in [5.41, 5.74) is 3.02. The summed E-state index contributed by atoms with van der Waals surface area (Å²) < 4.78 is 0. The summed E-state index contributed by atoms with van der Waals surface area (Å²) in [7, 11) is 0. The number of rotatable bonds is 8. The molecule has 23 heavy (non-hydrogen) atoms. The normalized spacial score (nSPS) is 13.7. The van der Waals surface area contributed by atoms with E-state index in [2.05, 4.69) is 24.4 Å². The van der Waals surface area contributed by atoms with Crippen molar-refractivity contribution in [2.75, 3.05) is 6.54 Å². The summed E-state index contributed by atoms with van der Waals surface area (Å²) >= 11 is 5.94. The smallest absolute Gasteiger partial charge is 0.0914 e. The number of hydrogen-bond acceptors (Lipinski definition) is 3. The third-order valence-corrected chi connectivity index (χ3v) is 4.20. The number of aliphatic hydroxyl groups is 2. The van der Waals surface area contributed by atoms with Crippen molar-refractivity contribution in [3.05, 3.63) is 70.2 Å². The van der Waals surface area contributed by atoms with Crippen molar-refractivity contribution < 1.29 is 10.2 Å². The van der Waals surface area contributed by atoms with Gasteiger partial charge in [0.1, 0.15) is 0 Å². The van der Waals surface area contributed by atoms with Crippen molar-refractivity contribution >= 4 is 11.6 Å². The summed E-state index contributed by atoms with van der Waals surface area (Å²) in [6.07, 6.45) is 1.40. The van der Waals surface area contributed by atoms with Gasteiger partial charge in [0.15, 0.2) is 0 Å². The van der Waals surface area contributed by atoms with Gasteiger partial charge >= 0.3 is 0 Å². The van der Waals surface area contributed by atoms with Gasteiger partial charge in [-0.3, -0.25) is 0 Å². The molecule has 0 aliphatic carbocycles. The molecule has 0 bridgehead atoms. The Kier molecular flexibility index (Phi) is 7.06. The maximum atomic E-state index is 10.2. The Morgan fingerprint density at radius 2 is 1.78 bits per heavy atom. The van der Waals surface area contributed by atoms with E-state index in [0.29, 0.717) is 17.6 Å². The number of benzene rings is 2. The first-order valence-corrected chi connectivity index (χ1v) is 8.32. The first kappa shape index (κ1) is 18.0. The fourth-order valence-corrected chi connectivity index (χ4v) is 2.64. The van der Waals surface area contributed by atoms with Gasteiger partial charge in [0.2, 0.25) is 0 Å². The molecule has 2 atom stereocenters. The molecule has 0 aliphatic rings. The lowest BCUT2D eigenvalue weighted by molar-refractivity contribution is 0.170. The van der Waals surface area contributed by atoms with Gasteiger partial charge in [-0.1, -0.05) is 48.0 Å². The number of nitrogens with one attached hydrogen (secondary N) is 1. The SMILES string of the molecule is CC(CCc1ccc(CO)cc1)NCC(O)c1cccc(Cl)c1. The summed E-state index contributed by atoms with van der Waals surface area (Å²) in [6, 6.07) is 15.6. The lowest BCUT2D eigenvalue weighted by Gasteiger charge is -2.17. The van der Waals surface area contributed by atoms with Crippen molar-refractivity contribution in [2.24, 2.45) is 0 Å². The van der Waals surface area contributed by atoms with Crippen molar-refractivity contribution in [3.8, 4) is 0 Å². The zero-order valence-corrected chi connectivity index (χ0v) is 14.1. The van der Waals surface area contributed by atoms with E-state index < -0.39 is 6.10 Å². The highest BCUT2D eigenvalue weighted by atomic mass is 35.5. The minimum absolute atomic E-state index is 0.0830. The van der Waals surface area contributed by atoms with Gasteiger partial charge in [-0.2, -0.15) is 0 Å². The zero-order valence-electron chi connectivity index (χ0n) is 13.4. The molecule has 0 amide bonds. The molecule has 0 aromatic heterocycles. The molecular weight excluding hydrogens is 310 g/mol. The molecular formula is C19H24ClNO2. The van der Waals surface area contributed by atoms with Crippen molar-refractivity contribution in [1.29, 1.82) is 0 Å². The summed E-state index contributed by atoms with van der Waals surface area (Å²) in [5, 5.41) is 23.2. The molecule has 3 N–H and O–H groups in total. The van der Waals surface area contributed by atoms with E-state index >= 15 is 0 Å². The van der Waals surface area contributed by atoms with E-state index in [4.69, 9.17) is 16.7 Å². The van der Waals surface area contributed by atoms with Crippen LogP contribution in [0, 0.1) is 0 Å². The third kappa shape index (κ3) is 5.96. The maximum absolute atomic E-state index is 10.2. The molecule has 0 aliphatic heterocycles. The first-order chi connectivity index (χ1) is 11.1. The largest absolute Gasteiger partial charge is 0.392 e. The quantitative estimate of drug-likeness (QED) is 0.693. The zero-order chi connectivity index (χ0) is 16.7. The molecule has 0 radical (unpaired) electrons. The molecule has 2 aromatic carbocycles. The second-order valence-electron chi connectivity index (χ2n) is 5.89. The standard InChI is InChI=1S/C19H24ClNO2/c1-14(5-6-15-7-9-16(13-22)10-8-15)21-12-19(23)17-3-2-4-18(20)11-17/h2-4,7-11,14,19,21-23H,5-6,12-13H2,1H3. The predicted molar refractivity (Wildman–Crippen MR) is 94.6 cm³/mol. The van der Waals surface area contributed by atoms with E-state index in [1.54, 1.807) is 12.1 Å². The molecule has 4 heteroatoms. The second-order valence-corrected chi connectivity index (χ2v) is 6.33. The molecule has 124 valence electrons. The molecule has 2 aromatic rings. The second kappa shape index (κ2) is 9.04. The lowest BCUT2D eigenvalue weighted by atomic mass is 10.0. The fourth-order valence-electron chi connectivity index (χ4n) is 2.44. The van der Waals surface area contributed by atoms with Gasteiger partial charge in [0, 0.05) is 17.6 Å². The lowest BCUT2D eigenvalue weighted by Crippen LogP contribution is -2.30. The van der Waals surface area contributed by atoms with Crippen LogP contribution in [0.3, 0.4) is 0 Å². The maximum Gasteiger partial charge on any atom is 0.0914 e. The van der Waals surface area contributed by atoms with Crippen molar-refractivity contribution in [3.63, 3.8) is 0 Å². The van der Waals surface area contributed by atoms with Crippen LogP contribution in [-0.4, -0.2) is 22.8 Å². The minimum Gasteiger partial charge on any atom is -0.392 e. The molecule has 0 heterocycles. The Hall–Kier alpha value is -1.39. The summed E-state index contributed by atoms with van der Waals surface area (Å²) in [4.78, 5) is 0. The average Bonchev–Trinajstić information content (AvgIpc) is 2.58. The van der Waals surface area contributed by atoms with Crippen molar-refractivity contribution in [1.82, 2.24) is 5.32 Å². The number of aryl methyl sites for hydroxylation is 1. The molecule has 0 spiro atoms. The molecule has 0 saturated heterocycles. The van der Waals surface area contributed by atoms with Gasteiger partial charge in [-0.25, -0.2) is 0 Å². The highest BCUT2D eigenvalue weighted by Crippen LogP contribution is 2.17. The highest BCUT2D eigenvalue weighted by molar-refractivity contribution is 6.30. The number of aliphatic hydroxyl groups excluding tert-OH is 2. The number of hydrogen-bond donors (Lipinski definition) is 3. The topological polar surface area (TPSA) is 52.5 Å². The Bertz CT molecular complexity index is 601. The Balaban J connectivity index is 1.74. The van der Waals surface area contributed by atoms with Crippen LogP contribution in [0.5, 0.6) is 0 Å². The van der Waals surface area contributed by atoms with Gasteiger partial charge in [-0.15, -0.1) is 0 Å². The van der Waals surface area contributed by atoms with Crippen LogP contribution in [0.15, 0.2) is 48.5 Å². The Labute approximate surface area is 142 Å². The van der Waals surface area contributed by atoms with Crippen molar-refractivity contribution in [2.45, 2.75) is 38.5 Å². The molecule has 2 rings (SSSR count). The Morgan fingerprint density at radius 3 is 2.43 bits per heavy atom. The fraction of sp³-hybridized carbons (Fsp3) is 0.368. The van der Waals surface area contributed by atoms with Crippen LogP contribution >= 0.6 is 11.6 Å². The van der Waals surface area contributed by atoms with Gasteiger partial charge in [-0.05, 0) is 48.6 Å². The van der Waals surface area contributed by atoms with Gasteiger partial charge in [0.05, 0.1) is 12.7 Å². The van der Waals surface area contributed by atoms with Crippen LogP contribution in [-0.2, 0) is 13.0 Å². The van der Waals surface area contributed by atoms with Crippen LogP contribution < -0.4 is 5.32 Å². The summed E-state index contributed by atoms with van der Waals surface area (Å²) in [5.74, 6) is 0. The summed E-state index contributed by atoms with van der Waals surface area (Å²) in [6.45, 7) is 2.71. The van der Waals surface area contributed by atoms with Gasteiger partial charge < -0.3 is 15.5 Å². The molecule has 0 saturated carbocycles. The van der Waals surface area contributed by atoms with E-state index in [1.165, 1.54) is 5.56 Å². The van der Waals surface area contributed by atoms with E-state index in [9.17, 15) is 5.11 Å². The van der Waals surface area contributed by atoms with Gasteiger partial charge in [0.25, 0.3) is 0 Å². The molecule has 2 unspecified atom stereocenters. The Morgan fingerprint density at radius 1 is 1.09 bits per heavy atom. The van der Waals surface area contributed by atoms with E-state index in [1.807, 2.05) is 24.3 Å². The monoisotopic (exact) mass is 333 g/mol.